The van der Waals surface area contributed by atoms with Crippen molar-refractivity contribution in [1.29, 1.82) is 0 Å². The highest BCUT2D eigenvalue weighted by atomic mass is 14.0. The molecule has 0 bridgehead atoms. The van der Waals surface area contributed by atoms with Gasteiger partial charge < -0.3 is 0 Å². The molecule has 0 aromatic rings. The summed E-state index contributed by atoms with van der Waals surface area (Å²) in [4.78, 5) is 0. The van der Waals surface area contributed by atoms with Crippen molar-refractivity contribution >= 4 is 0 Å². The van der Waals surface area contributed by atoms with E-state index in [1.807, 2.05) is 6.92 Å². The first-order valence-electron chi connectivity index (χ1n) is 3.10. The van der Waals surface area contributed by atoms with Gasteiger partial charge in [-0.3, -0.25) is 0 Å². The van der Waals surface area contributed by atoms with Gasteiger partial charge in [0.1, 0.15) is 0 Å². The SMILES string of the molecule is CC#CC(C)C(C)C. The Hall–Kier alpha value is -0.440. The van der Waals surface area contributed by atoms with Crippen molar-refractivity contribution in [3.8, 4) is 11.8 Å². The van der Waals surface area contributed by atoms with Crippen LogP contribution in [-0.4, -0.2) is 0 Å². The fraction of sp³-hybridized carbons (Fsp3) is 0.750. The van der Waals surface area contributed by atoms with Gasteiger partial charge in [0.15, 0.2) is 0 Å². The van der Waals surface area contributed by atoms with Crippen molar-refractivity contribution in [2.24, 2.45) is 11.8 Å². The molecule has 46 valence electrons. The van der Waals surface area contributed by atoms with Crippen molar-refractivity contribution in [3.63, 3.8) is 0 Å². The van der Waals surface area contributed by atoms with E-state index in [1.165, 1.54) is 0 Å². The molecule has 1 atom stereocenters. The summed E-state index contributed by atoms with van der Waals surface area (Å²) in [5.41, 5.74) is 0. The fourth-order valence-corrected chi connectivity index (χ4v) is 0.394. The zero-order valence-corrected chi connectivity index (χ0v) is 6.15. The summed E-state index contributed by atoms with van der Waals surface area (Å²) in [5, 5.41) is 0. The van der Waals surface area contributed by atoms with Crippen LogP contribution in [0.3, 0.4) is 0 Å². The van der Waals surface area contributed by atoms with Gasteiger partial charge in [0, 0.05) is 5.92 Å². The Morgan fingerprint density at radius 3 is 1.75 bits per heavy atom. The van der Waals surface area contributed by atoms with Crippen LogP contribution in [0.4, 0.5) is 0 Å². The summed E-state index contributed by atoms with van der Waals surface area (Å²) in [6, 6.07) is 0. The molecule has 8 heavy (non-hydrogen) atoms. The summed E-state index contributed by atoms with van der Waals surface area (Å²) < 4.78 is 0. The van der Waals surface area contributed by atoms with Gasteiger partial charge in [-0.05, 0) is 12.8 Å². The highest BCUT2D eigenvalue weighted by Gasteiger charge is 1.99. The van der Waals surface area contributed by atoms with E-state index in [9.17, 15) is 0 Å². The van der Waals surface area contributed by atoms with E-state index in [0.29, 0.717) is 11.8 Å². The lowest BCUT2D eigenvalue weighted by molar-refractivity contribution is 0.520. The second kappa shape index (κ2) is 3.55. The molecule has 0 fully saturated rings. The Morgan fingerprint density at radius 1 is 1.12 bits per heavy atom. The molecule has 0 radical (unpaired) electrons. The zero-order valence-electron chi connectivity index (χ0n) is 6.15. The zero-order chi connectivity index (χ0) is 6.57. The van der Waals surface area contributed by atoms with Crippen molar-refractivity contribution < 1.29 is 0 Å². The molecule has 0 spiro atoms. The molecular formula is C8H14. The fourth-order valence-electron chi connectivity index (χ4n) is 0.394. The summed E-state index contributed by atoms with van der Waals surface area (Å²) in [6.07, 6.45) is 0. The van der Waals surface area contributed by atoms with Crippen LogP contribution in [0.2, 0.25) is 0 Å². The van der Waals surface area contributed by atoms with Crippen LogP contribution in [0.15, 0.2) is 0 Å². The molecule has 0 aliphatic rings. The van der Waals surface area contributed by atoms with Gasteiger partial charge in [-0.2, -0.15) is 0 Å². The van der Waals surface area contributed by atoms with Crippen molar-refractivity contribution in [2.75, 3.05) is 0 Å². The molecular weight excluding hydrogens is 96.1 g/mol. The van der Waals surface area contributed by atoms with Crippen molar-refractivity contribution in [2.45, 2.75) is 27.7 Å². The molecule has 0 rings (SSSR count). The highest BCUT2D eigenvalue weighted by Crippen LogP contribution is 2.06. The molecule has 0 saturated heterocycles. The summed E-state index contributed by atoms with van der Waals surface area (Å²) >= 11 is 0. The topological polar surface area (TPSA) is 0 Å². The predicted octanol–water partition coefficient (Wildman–Crippen LogP) is 2.30. The molecule has 1 unspecified atom stereocenters. The van der Waals surface area contributed by atoms with E-state index >= 15 is 0 Å². The molecule has 0 aliphatic heterocycles. The van der Waals surface area contributed by atoms with Crippen LogP contribution in [0.25, 0.3) is 0 Å². The van der Waals surface area contributed by atoms with Crippen LogP contribution in [0, 0.1) is 23.7 Å². The monoisotopic (exact) mass is 110 g/mol. The van der Waals surface area contributed by atoms with Crippen molar-refractivity contribution in [3.05, 3.63) is 0 Å². The Bertz CT molecular complexity index is 101. The Morgan fingerprint density at radius 2 is 1.62 bits per heavy atom. The number of rotatable bonds is 1. The normalized spacial score (nSPS) is 12.6. The Balaban J connectivity index is 3.58. The van der Waals surface area contributed by atoms with Gasteiger partial charge in [0.25, 0.3) is 0 Å². The van der Waals surface area contributed by atoms with Gasteiger partial charge >= 0.3 is 0 Å². The van der Waals surface area contributed by atoms with E-state index in [2.05, 4.69) is 32.6 Å². The Kier molecular flexibility index (Phi) is 3.35. The standard InChI is InChI=1S/C8H14/c1-5-6-8(4)7(2)3/h7-8H,1-4H3. The van der Waals surface area contributed by atoms with Crippen LogP contribution < -0.4 is 0 Å². The summed E-state index contributed by atoms with van der Waals surface area (Å²) in [5.74, 6) is 7.25. The van der Waals surface area contributed by atoms with Gasteiger partial charge in [-0.1, -0.05) is 20.8 Å². The molecule has 0 amide bonds. The van der Waals surface area contributed by atoms with Gasteiger partial charge in [-0.25, -0.2) is 0 Å². The number of hydrogen-bond acceptors (Lipinski definition) is 0. The van der Waals surface area contributed by atoms with E-state index < -0.39 is 0 Å². The van der Waals surface area contributed by atoms with E-state index in [1.54, 1.807) is 0 Å². The van der Waals surface area contributed by atoms with Crippen molar-refractivity contribution in [1.82, 2.24) is 0 Å². The highest BCUT2D eigenvalue weighted by molar-refractivity contribution is 5.00. The first-order chi connectivity index (χ1) is 3.68. The second-order valence-electron chi connectivity index (χ2n) is 2.43. The maximum atomic E-state index is 3.09. The molecule has 0 aliphatic carbocycles. The minimum Gasteiger partial charge on any atom is -0.106 e. The molecule has 0 heterocycles. The number of hydrogen-bond donors (Lipinski definition) is 0. The molecule has 0 saturated carbocycles. The molecule has 0 nitrogen and oxygen atoms in total. The third kappa shape index (κ3) is 2.69. The first kappa shape index (κ1) is 7.56. The van der Waals surface area contributed by atoms with E-state index in [4.69, 9.17) is 0 Å². The van der Waals surface area contributed by atoms with E-state index in [-0.39, 0.29) is 0 Å². The molecule has 0 aromatic carbocycles. The van der Waals surface area contributed by atoms with Crippen LogP contribution in [0.5, 0.6) is 0 Å². The average Bonchev–Trinajstić information content (AvgIpc) is 1.67. The largest absolute Gasteiger partial charge is 0.106 e. The van der Waals surface area contributed by atoms with Crippen LogP contribution in [-0.2, 0) is 0 Å². The minimum atomic E-state index is 0.556. The molecule has 0 aromatic heterocycles. The molecule has 0 heteroatoms. The molecule has 0 N–H and O–H groups in total. The van der Waals surface area contributed by atoms with Gasteiger partial charge in [0.2, 0.25) is 0 Å². The van der Waals surface area contributed by atoms with Crippen LogP contribution in [0.1, 0.15) is 27.7 Å². The predicted molar refractivity (Wildman–Crippen MR) is 37.5 cm³/mol. The third-order valence-corrected chi connectivity index (χ3v) is 1.37. The lowest BCUT2D eigenvalue weighted by atomic mass is 9.99. The summed E-state index contributed by atoms with van der Waals surface area (Å²) in [7, 11) is 0. The van der Waals surface area contributed by atoms with Crippen LogP contribution >= 0.6 is 0 Å². The lowest BCUT2D eigenvalue weighted by Crippen LogP contribution is -1.99. The average molecular weight is 110 g/mol. The Labute approximate surface area is 52.3 Å². The summed E-state index contributed by atoms with van der Waals surface area (Å²) in [6.45, 7) is 8.42. The van der Waals surface area contributed by atoms with Gasteiger partial charge in [-0.15, -0.1) is 11.8 Å². The smallest absolute Gasteiger partial charge is 0.0197 e. The second-order valence-corrected chi connectivity index (χ2v) is 2.43. The maximum Gasteiger partial charge on any atom is 0.0197 e. The lowest BCUT2D eigenvalue weighted by Gasteiger charge is -2.05. The third-order valence-electron chi connectivity index (χ3n) is 1.37. The van der Waals surface area contributed by atoms with Gasteiger partial charge in [0.05, 0.1) is 0 Å². The first-order valence-corrected chi connectivity index (χ1v) is 3.10. The maximum absolute atomic E-state index is 3.09. The quantitative estimate of drug-likeness (QED) is 0.454. The van der Waals surface area contributed by atoms with E-state index in [0.717, 1.165) is 0 Å². The minimum absolute atomic E-state index is 0.556.